The van der Waals surface area contributed by atoms with Gasteiger partial charge >= 0.3 is 6.18 Å². The van der Waals surface area contributed by atoms with Crippen LogP contribution < -0.4 is 15.8 Å². The van der Waals surface area contributed by atoms with Gasteiger partial charge in [-0.1, -0.05) is 0 Å². The summed E-state index contributed by atoms with van der Waals surface area (Å²) in [4.78, 5) is 11.6. The molecule has 1 atom stereocenters. The van der Waals surface area contributed by atoms with E-state index >= 15 is 0 Å². The summed E-state index contributed by atoms with van der Waals surface area (Å²) in [6.45, 7) is 1.24. The number of hydrogen-bond acceptors (Lipinski definition) is 4. The van der Waals surface area contributed by atoms with Crippen LogP contribution in [-0.2, 0) is 0 Å². The van der Waals surface area contributed by atoms with E-state index in [9.17, 15) is 18.0 Å². The molecule has 20 heavy (non-hydrogen) atoms. The third-order valence-corrected chi connectivity index (χ3v) is 2.41. The molecular formula is C12H15F3N2O3. The molecule has 8 heteroatoms. The van der Waals surface area contributed by atoms with Crippen LogP contribution in [0.5, 0.6) is 5.75 Å². The van der Waals surface area contributed by atoms with Crippen molar-refractivity contribution in [1.29, 1.82) is 0 Å². The number of anilines is 1. The zero-order chi connectivity index (χ0) is 15.3. The van der Waals surface area contributed by atoms with Gasteiger partial charge in [0.05, 0.1) is 18.8 Å². The summed E-state index contributed by atoms with van der Waals surface area (Å²) in [5.74, 6) is -0.373. The van der Waals surface area contributed by atoms with Crippen molar-refractivity contribution < 1.29 is 27.8 Å². The average molecular weight is 292 g/mol. The number of rotatable bonds is 5. The first kappa shape index (κ1) is 16.1. The number of benzene rings is 1. The number of aliphatic hydroxyl groups excluding tert-OH is 1. The Kier molecular flexibility index (Phi) is 5.20. The Morgan fingerprint density at radius 3 is 2.65 bits per heavy atom. The second kappa shape index (κ2) is 6.47. The first-order valence-electron chi connectivity index (χ1n) is 5.81. The molecule has 0 saturated heterocycles. The smallest absolute Gasteiger partial charge is 0.416 e. The Bertz CT molecular complexity index is 478. The van der Waals surface area contributed by atoms with Crippen molar-refractivity contribution in [2.45, 2.75) is 19.2 Å². The highest BCUT2D eigenvalue weighted by Gasteiger charge is 2.38. The molecular weight excluding hydrogens is 277 g/mol. The predicted octanol–water partition coefficient (Wildman–Crippen LogP) is 1.32. The Morgan fingerprint density at radius 2 is 2.15 bits per heavy atom. The molecule has 1 rings (SSSR count). The van der Waals surface area contributed by atoms with E-state index in [-0.39, 0.29) is 11.3 Å². The number of nitrogens with two attached hydrogens (primary N) is 1. The molecule has 0 fully saturated rings. The molecule has 1 unspecified atom stereocenters. The number of halogens is 3. The minimum Gasteiger partial charge on any atom is -0.492 e. The zero-order valence-electron chi connectivity index (χ0n) is 10.7. The summed E-state index contributed by atoms with van der Waals surface area (Å²) in [5.41, 5.74) is 5.92. The van der Waals surface area contributed by atoms with Gasteiger partial charge in [0, 0.05) is 5.56 Å². The Hall–Kier alpha value is -1.96. The van der Waals surface area contributed by atoms with Gasteiger partial charge < -0.3 is 20.9 Å². The van der Waals surface area contributed by atoms with Crippen LogP contribution in [0.1, 0.15) is 17.3 Å². The maximum Gasteiger partial charge on any atom is 0.416 e. The number of ether oxygens (including phenoxy) is 1. The van der Waals surface area contributed by atoms with Crippen molar-refractivity contribution in [3.05, 3.63) is 23.8 Å². The number of carbonyl (C=O) groups excluding carboxylic acids is 1. The van der Waals surface area contributed by atoms with Crippen LogP contribution in [0.2, 0.25) is 0 Å². The van der Waals surface area contributed by atoms with E-state index < -0.39 is 24.7 Å². The first-order valence-corrected chi connectivity index (χ1v) is 5.81. The summed E-state index contributed by atoms with van der Waals surface area (Å²) >= 11 is 0. The second-order valence-corrected chi connectivity index (χ2v) is 3.95. The lowest BCUT2D eigenvalue weighted by Gasteiger charge is -2.15. The second-order valence-electron chi connectivity index (χ2n) is 3.95. The number of carbonyl (C=O) groups is 1. The third-order valence-electron chi connectivity index (χ3n) is 2.41. The quantitative estimate of drug-likeness (QED) is 0.715. The van der Waals surface area contributed by atoms with E-state index in [0.717, 1.165) is 0 Å². The predicted molar refractivity (Wildman–Crippen MR) is 66.4 cm³/mol. The lowest BCUT2D eigenvalue weighted by atomic mass is 10.1. The average Bonchev–Trinajstić information content (AvgIpc) is 2.37. The number of hydrogen-bond donors (Lipinski definition) is 3. The van der Waals surface area contributed by atoms with Crippen LogP contribution in [0.4, 0.5) is 18.9 Å². The molecule has 1 aromatic carbocycles. The van der Waals surface area contributed by atoms with Gasteiger partial charge in [-0.15, -0.1) is 0 Å². The molecule has 0 aliphatic rings. The standard InChI is InChI=1S/C12H15F3N2O3/c1-2-20-9-4-3-7(5-8(9)16)11(19)17-6-10(18)12(13,14)15/h3-5,10,18H,2,6,16H2,1H3,(H,17,19). The lowest BCUT2D eigenvalue weighted by molar-refractivity contribution is -0.201. The molecule has 1 aromatic rings. The van der Waals surface area contributed by atoms with E-state index in [1.807, 2.05) is 5.32 Å². The molecule has 0 saturated carbocycles. The van der Waals surface area contributed by atoms with Crippen LogP contribution in [0.25, 0.3) is 0 Å². The monoisotopic (exact) mass is 292 g/mol. The van der Waals surface area contributed by atoms with Crippen molar-refractivity contribution in [2.75, 3.05) is 18.9 Å². The van der Waals surface area contributed by atoms with Crippen LogP contribution in [0.3, 0.4) is 0 Å². The van der Waals surface area contributed by atoms with Crippen LogP contribution in [-0.4, -0.2) is 36.4 Å². The van der Waals surface area contributed by atoms with E-state index in [2.05, 4.69) is 0 Å². The molecule has 0 aliphatic heterocycles. The van der Waals surface area contributed by atoms with E-state index in [0.29, 0.717) is 12.4 Å². The molecule has 0 spiro atoms. The van der Waals surface area contributed by atoms with Crippen LogP contribution in [0.15, 0.2) is 18.2 Å². The van der Waals surface area contributed by atoms with Crippen LogP contribution >= 0.6 is 0 Å². The topological polar surface area (TPSA) is 84.6 Å². The fourth-order valence-corrected chi connectivity index (χ4v) is 1.38. The lowest BCUT2D eigenvalue weighted by Crippen LogP contribution is -2.40. The molecule has 5 nitrogen and oxygen atoms in total. The molecule has 4 N–H and O–H groups in total. The summed E-state index contributed by atoms with van der Waals surface area (Å²) in [6.07, 6.45) is -7.38. The summed E-state index contributed by atoms with van der Waals surface area (Å²) in [5, 5.41) is 10.7. The normalized spacial score (nSPS) is 12.8. The molecule has 0 aromatic heterocycles. The van der Waals surface area contributed by atoms with Crippen molar-refractivity contribution in [1.82, 2.24) is 5.32 Å². The van der Waals surface area contributed by atoms with Crippen molar-refractivity contribution in [3.63, 3.8) is 0 Å². The highest BCUT2D eigenvalue weighted by atomic mass is 19.4. The largest absolute Gasteiger partial charge is 0.492 e. The van der Waals surface area contributed by atoms with Gasteiger partial charge in [0.15, 0.2) is 6.10 Å². The maximum atomic E-state index is 12.1. The maximum absolute atomic E-state index is 12.1. The van der Waals surface area contributed by atoms with Crippen molar-refractivity contribution >= 4 is 11.6 Å². The molecule has 0 bridgehead atoms. The summed E-state index contributed by atoms with van der Waals surface area (Å²) < 4.78 is 41.4. The number of nitrogens with one attached hydrogen (secondary N) is 1. The number of aliphatic hydroxyl groups is 1. The highest BCUT2D eigenvalue weighted by Crippen LogP contribution is 2.23. The number of amides is 1. The van der Waals surface area contributed by atoms with Gasteiger partial charge in [0.25, 0.3) is 5.91 Å². The Morgan fingerprint density at radius 1 is 1.50 bits per heavy atom. The van der Waals surface area contributed by atoms with Crippen molar-refractivity contribution in [2.24, 2.45) is 0 Å². The zero-order valence-corrected chi connectivity index (χ0v) is 10.7. The molecule has 1 amide bonds. The third kappa shape index (κ3) is 4.30. The minimum atomic E-state index is -4.77. The molecule has 0 heterocycles. The number of nitrogen functional groups attached to an aromatic ring is 1. The summed E-state index contributed by atoms with van der Waals surface area (Å²) in [7, 11) is 0. The number of alkyl halides is 3. The van der Waals surface area contributed by atoms with Gasteiger partial charge in [-0.05, 0) is 25.1 Å². The van der Waals surface area contributed by atoms with E-state index in [4.69, 9.17) is 15.6 Å². The summed E-state index contributed by atoms with van der Waals surface area (Å²) in [6, 6.07) is 4.12. The van der Waals surface area contributed by atoms with Gasteiger partial charge in [-0.25, -0.2) is 0 Å². The minimum absolute atomic E-state index is 0.0836. The highest BCUT2D eigenvalue weighted by molar-refractivity contribution is 5.95. The van der Waals surface area contributed by atoms with Gasteiger partial charge in [0.2, 0.25) is 0 Å². The van der Waals surface area contributed by atoms with Crippen LogP contribution in [0, 0.1) is 0 Å². The van der Waals surface area contributed by atoms with E-state index in [1.165, 1.54) is 18.2 Å². The Labute approximate surface area is 113 Å². The fourth-order valence-electron chi connectivity index (χ4n) is 1.38. The first-order chi connectivity index (χ1) is 9.25. The SMILES string of the molecule is CCOc1ccc(C(=O)NCC(O)C(F)(F)F)cc1N. The van der Waals surface area contributed by atoms with Gasteiger partial charge in [0.1, 0.15) is 5.75 Å². The van der Waals surface area contributed by atoms with E-state index in [1.54, 1.807) is 6.92 Å². The van der Waals surface area contributed by atoms with Gasteiger partial charge in [-0.3, -0.25) is 4.79 Å². The molecule has 0 aliphatic carbocycles. The van der Waals surface area contributed by atoms with Gasteiger partial charge in [-0.2, -0.15) is 13.2 Å². The fraction of sp³-hybridized carbons (Fsp3) is 0.417. The Balaban J connectivity index is 2.67. The molecule has 0 radical (unpaired) electrons. The molecule has 112 valence electrons. The van der Waals surface area contributed by atoms with Crippen molar-refractivity contribution in [3.8, 4) is 5.75 Å².